The van der Waals surface area contributed by atoms with Crippen LogP contribution in [0.3, 0.4) is 0 Å². The number of nitrogens with one attached hydrogen (secondary N) is 2. The molecule has 3 fully saturated rings. The van der Waals surface area contributed by atoms with Gasteiger partial charge in [0.1, 0.15) is 6.04 Å². The van der Waals surface area contributed by atoms with Gasteiger partial charge in [0.15, 0.2) is 0 Å². The highest BCUT2D eigenvalue weighted by Gasteiger charge is 2.39. The van der Waals surface area contributed by atoms with Gasteiger partial charge in [-0.3, -0.25) is 24.6 Å². The second kappa shape index (κ2) is 8.12. The summed E-state index contributed by atoms with van der Waals surface area (Å²) < 4.78 is 0. The summed E-state index contributed by atoms with van der Waals surface area (Å²) in [6, 6.07) is 6.36. The summed E-state index contributed by atoms with van der Waals surface area (Å²) in [6.07, 6.45) is 5.57. The van der Waals surface area contributed by atoms with E-state index in [9.17, 15) is 14.4 Å². The van der Waals surface area contributed by atoms with Crippen molar-refractivity contribution in [2.75, 3.05) is 26.2 Å². The molecule has 2 atom stereocenters. The van der Waals surface area contributed by atoms with Crippen molar-refractivity contribution in [1.82, 2.24) is 20.4 Å². The highest BCUT2D eigenvalue weighted by molar-refractivity contribution is 6.05. The van der Waals surface area contributed by atoms with Gasteiger partial charge in [0.2, 0.25) is 11.8 Å². The molecule has 4 heterocycles. The van der Waals surface area contributed by atoms with Gasteiger partial charge < -0.3 is 10.2 Å². The zero-order valence-corrected chi connectivity index (χ0v) is 17.4. The molecule has 2 unspecified atom stereocenters. The fourth-order valence-electron chi connectivity index (χ4n) is 5.59. The number of carbonyl (C=O) groups excluding carboxylic acids is 3. The van der Waals surface area contributed by atoms with Crippen LogP contribution in [-0.4, -0.2) is 65.8 Å². The number of carbonyl (C=O) groups is 3. The number of hydrogen-bond donors (Lipinski definition) is 2. The van der Waals surface area contributed by atoms with Gasteiger partial charge in [-0.05, 0) is 74.8 Å². The molecular weight excluding hydrogens is 380 g/mol. The van der Waals surface area contributed by atoms with Crippen molar-refractivity contribution in [1.29, 1.82) is 0 Å². The van der Waals surface area contributed by atoms with Gasteiger partial charge in [-0.15, -0.1) is 0 Å². The van der Waals surface area contributed by atoms with E-state index in [1.165, 1.54) is 18.4 Å². The first kappa shape index (κ1) is 19.7. The third-order valence-corrected chi connectivity index (χ3v) is 7.34. The van der Waals surface area contributed by atoms with Crippen molar-refractivity contribution in [3.8, 4) is 0 Å². The maximum absolute atomic E-state index is 12.9. The molecule has 0 aliphatic carbocycles. The van der Waals surface area contributed by atoms with Crippen molar-refractivity contribution in [2.45, 2.75) is 63.1 Å². The van der Waals surface area contributed by atoms with E-state index in [0.717, 1.165) is 44.6 Å². The molecule has 0 radical (unpaired) electrons. The number of fused-ring (bicyclic) bond motifs is 1. The fourth-order valence-corrected chi connectivity index (χ4v) is 5.59. The number of benzene rings is 1. The van der Waals surface area contributed by atoms with Crippen LogP contribution in [0.1, 0.15) is 65.9 Å². The number of imide groups is 1. The van der Waals surface area contributed by atoms with Gasteiger partial charge in [0.05, 0.1) is 0 Å². The molecule has 7 heteroatoms. The lowest BCUT2D eigenvalue weighted by Gasteiger charge is -2.39. The maximum atomic E-state index is 12.9. The topological polar surface area (TPSA) is 81.8 Å². The Balaban J connectivity index is 1.25. The maximum Gasteiger partial charge on any atom is 0.255 e. The van der Waals surface area contributed by atoms with Crippen LogP contribution in [0.15, 0.2) is 18.2 Å². The normalized spacial score (nSPS) is 28.5. The van der Waals surface area contributed by atoms with Crippen molar-refractivity contribution in [3.05, 3.63) is 34.9 Å². The molecule has 5 rings (SSSR count). The number of piperidine rings is 3. The van der Waals surface area contributed by atoms with Crippen LogP contribution in [0.4, 0.5) is 0 Å². The average Bonchev–Trinajstić information content (AvgIpc) is 3.10. The van der Waals surface area contributed by atoms with Crippen LogP contribution in [0, 0.1) is 0 Å². The Labute approximate surface area is 177 Å². The van der Waals surface area contributed by atoms with Crippen LogP contribution >= 0.6 is 0 Å². The summed E-state index contributed by atoms with van der Waals surface area (Å²) >= 11 is 0. The monoisotopic (exact) mass is 410 g/mol. The Morgan fingerprint density at radius 2 is 1.83 bits per heavy atom. The van der Waals surface area contributed by atoms with E-state index in [2.05, 4.69) is 27.7 Å². The summed E-state index contributed by atoms with van der Waals surface area (Å²) in [5, 5.41) is 5.89. The van der Waals surface area contributed by atoms with Crippen molar-refractivity contribution in [2.24, 2.45) is 0 Å². The van der Waals surface area contributed by atoms with Gasteiger partial charge in [-0.1, -0.05) is 12.1 Å². The van der Waals surface area contributed by atoms with Crippen LogP contribution in [0.25, 0.3) is 0 Å². The molecule has 3 saturated heterocycles. The lowest BCUT2D eigenvalue weighted by molar-refractivity contribution is -0.136. The van der Waals surface area contributed by atoms with E-state index in [4.69, 9.17) is 0 Å². The average molecular weight is 411 g/mol. The van der Waals surface area contributed by atoms with Crippen LogP contribution in [0.5, 0.6) is 0 Å². The summed E-state index contributed by atoms with van der Waals surface area (Å²) in [5.74, 6) is -0.163. The second-order valence-corrected chi connectivity index (χ2v) is 9.13. The van der Waals surface area contributed by atoms with Crippen LogP contribution in [0.2, 0.25) is 0 Å². The van der Waals surface area contributed by atoms with E-state index >= 15 is 0 Å². The number of likely N-dealkylation sites (tertiary alicyclic amines) is 1. The van der Waals surface area contributed by atoms with Crippen molar-refractivity contribution < 1.29 is 14.4 Å². The predicted octanol–water partition coefficient (Wildman–Crippen LogP) is 1.38. The summed E-state index contributed by atoms with van der Waals surface area (Å²) in [7, 11) is 0. The van der Waals surface area contributed by atoms with E-state index in [1.54, 1.807) is 4.90 Å². The SMILES string of the molecule is O=C1CCC(N2Cc3cc(C4CCN(C5CCCNC5)CC4)ccc3C2=O)C(=O)N1. The first-order valence-corrected chi connectivity index (χ1v) is 11.3. The van der Waals surface area contributed by atoms with Crippen molar-refractivity contribution >= 4 is 17.7 Å². The van der Waals surface area contributed by atoms with Crippen molar-refractivity contribution in [3.63, 3.8) is 0 Å². The van der Waals surface area contributed by atoms with Crippen LogP contribution < -0.4 is 10.6 Å². The Bertz CT molecular complexity index is 856. The number of nitrogens with zero attached hydrogens (tertiary/aromatic N) is 2. The van der Waals surface area contributed by atoms with E-state index < -0.39 is 6.04 Å². The van der Waals surface area contributed by atoms with Gasteiger partial charge in [0, 0.05) is 31.1 Å². The third-order valence-electron chi connectivity index (χ3n) is 7.34. The zero-order chi connectivity index (χ0) is 20.7. The minimum atomic E-state index is -0.543. The minimum absolute atomic E-state index is 0.0920. The molecule has 30 heavy (non-hydrogen) atoms. The molecule has 3 amide bonds. The molecule has 0 saturated carbocycles. The molecule has 160 valence electrons. The Hall–Kier alpha value is -2.25. The quantitative estimate of drug-likeness (QED) is 0.736. The first-order chi connectivity index (χ1) is 14.6. The molecule has 7 nitrogen and oxygen atoms in total. The highest BCUT2D eigenvalue weighted by Crippen LogP contribution is 2.34. The first-order valence-electron chi connectivity index (χ1n) is 11.3. The van der Waals surface area contributed by atoms with E-state index in [1.807, 2.05) is 6.07 Å². The predicted molar refractivity (Wildman–Crippen MR) is 112 cm³/mol. The Morgan fingerprint density at radius 1 is 1.00 bits per heavy atom. The lowest BCUT2D eigenvalue weighted by Crippen LogP contribution is -2.52. The highest BCUT2D eigenvalue weighted by atomic mass is 16.2. The summed E-state index contributed by atoms with van der Waals surface area (Å²) in [4.78, 5) is 40.8. The zero-order valence-electron chi connectivity index (χ0n) is 17.4. The van der Waals surface area contributed by atoms with E-state index in [0.29, 0.717) is 30.5 Å². The minimum Gasteiger partial charge on any atom is -0.322 e. The van der Waals surface area contributed by atoms with Gasteiger partial charge in [-0.2, -0.15) is 0 Å². The number of amides is 3. The molecule has 1 aromatic carbocycles. The van der Waals surface area contributed by atoms with Crippen LogP contribution in [-0.2, 0) is 16.1 Å². The van der Waals surface area contributed by atoms with E-state index in [-0.39, 0.29) is 24.1 Å². The lowest BCUT2D eigenvalue weighted by atomic mass is 9.87. The molecule has 4 aliphatic heterocycles. The molecule has 4 aliphatic rings. The summed E-state index contributed by atoms with van der Waals surface area (Å²) in [6.45, 7) is 4.99. The smallest absolute Gasteiger partial charge is 0.255 e. The third kappa shape index (κ3) is 3.65. The molecule has 2 N–H and O–H groups in total. The molecular formula is C23H30N4O3. The molecule has 0 aromatic heterocycles. The second-order valence-electron chi connectivity index (χ2n) is 9.13. The number of rotatable bonds is 3. The standard InChI is InChI=1S/C23H30N4O3/c28-21-6-5-20(22(29)25-21)27-14-17-12-16(3-4-19(17)23(27)30)15-7-10-26(11-8-15)18-2-1-9-24-13-18/h3-4,12,15,18,20,24H,1-2,5-11,13-14H2,(H,25,28,29). The molecule has 0 spiro atoms. The largest absolute Gasteiger partial charge is 0.322 e. The molecule has 1 aromatic rings. The van der Waals surface area contributed by atoms with Gasteiger partial charge in [0.25, 0.3) is 5.91 Å². The Kier molecular flexibility index (Phi) is 5.33. The summed E-state index contributed by atoms with van der Waals surface area (Å²) in [5.41, 5.74) is 3.03. The van der Waals surface area contributed by atoms with Gasteiger partial charge >= 0.3 is 0 Å². The Morgan fingerprint density at radius 3 is 2.57 bits per heavy atom. The number of hydrogen-bond acceptors (Lipinski definition) is 5. The fraction of sp³-hybridized carbons (Fsp3) is 0.609. The molecule has 0 bridgehead atoms. The van der Waals surface area contributed by atoms with Gasteiger partial charge in [-0.25, -0.2) is 0 Å².